The number of hydrogen-bond donors (Lipinski definition) is 1. The summed E-state index contributed by atoms with van der Waals surface area (Å²) in [5.41, 5.74) is 7.72. The molecule has 0 amide bonds. The van der Waals surface area contributed by atoms with Crippen LogP contribution in [0.2, 0.25) is 0 Å². The summed E-state index contributed by atoms with van der Waals surface area (Å²) in [5.74, 6) is -0.221. The Bertz CT molecular complexity index is 277. The van der Waals surface area contributed by atoms with Crippen molar-refractivity contribution in [3.05, 3.63) is 36.8 Å². The Hall–Kier alpha value is -1.51. The van der Waals surface area contributed by atoms with Gasteiger partial charge in [0.1, 0.15) is 0 Å². The number of rotatable bonds is 2. The molecule has 3 nitrogen and oxygen atoms in total. The maximum absolute atomic E-state index is 10.7. The molecule has 0 atom stereocenters. The Morgan fingerprint density at radius 2 is 1.91 bits per heavy atom. The van der Waals surface area contributed by atoms with Gasteiger partial charge in [-0.1, -0.05) is 0 Å². The third-order valence-electron chi connectivity index (χ3n) is 1.32. The van der Waals surface area contributed by atoms with Gasteiger partial charge in [0.05, 0.1) is 5.69 Å². The Labute approximate surface area is 64.6 Å². The lowest BCUT2D eigenvalue weighted by Gasteiger charge is -1.93. The average molecular weight is 147 g/mol. The minimum Gasteiger partial charge on any atom is -0.294 e. The van der Waals surface area contributed by atoms with E-state index in [1.807, 2.05) is 0 Å². The number of carbonyl (C=O) groups excluding carboxylic acids is 1. The van der Waals surface area contributed by atoms with Crippen LogP contribution in [0.1, 0.15) is 10.4 Å². The number of Topliss-reactive ketones (excluding diaryl/α,β-unsaturated/α-hetero) is 1. The smallest absolute Gasteiger partial charge is 0.163 e. The molecule has 1 radical (unpaired) electrons. The Kier molecular flexibility index (Phi) is 2.11. The van der Waals surface area contributed by atoms with E-state index in [0.717, 1.165) is 0 Å². The first kappa shape index (κ1) is 7.60. The minimum absolute atomic E-state index is 0.221. The molecule has 1 N–H and O–H groups in total. The monoisotopic (exact) mass is 147 g/mol. The first-order chi connectivity index (χ1) is 5.24. The lowest BCUT2D eigenvalue weighted by molar-refractivity contribution is 0.104. The molecule has 0 spiro atoms. The number of hydrogen-bond acceptors (Lipinski definition) is 3. The van der Waals surface area contributed by atoms with Crippen LogP contribution in [0.3, 0.4) is 0 Å². The normalized spacial score (nSPS) is 9.18. The highest BCUT2D eigenvalue weighted by Crippen LogP contribution is 2.12. The van der Waals surface area contributed by atoms with Crippen molar-refractivity contribution >= 4 is 11.5 Å². The van der Waals surface area contributed by atoms with Crippen LogP contribution in [0.15, 0.2) is 29.4 Å². The predicted octanol–water partition coefficient (Wildman–Crippen LogP) is 2.37. The quantitative estimate of drug-likeness (QED) is 0.506. The van der Waals surface area contributed by atoms with Gasteiger partial charge in [0.2, 0.25) is 0 Å². The number of ketones is 1. The van der Waals surface area contributed by atoms with E-state index >= 15 is 0 Å². The molecular formula is C8H7N2O. The summed E-state index contributed by atoms with van der Waals surface area (Å²) >= 11 is 0. The first-order valence-electron chi connectivity index (χ1n) is 3.08. The molecule has 55 valence electrons. The molecule has 1 aromatic carbocycles. The molecule has 0 saturated heterocycles. The van der Waals surface area contributed by atoms with Crippen molar-refractivity contribution in [3.63, 3.8) is 0 Å². The van der Waals surface area contributed by atoms with Crippen molar-refractivity contribution < 1.29 is 4.79 Å². The molecule has 0 fully saturated rings. The van der Waals surface area contributed by atoms with Gasteiger partial charge in [0, 0.05) is 12.5 Å². The molecule has 0 saturated carbocycles. The number of benzene rings is 1. The largest absolute Gasteiger partial charge is 0.294 e. The second-order valence-corrected chi connectivity index (χ2v) is 2.08. The topological polar surface area (TPSA) is 53.3 Å². The van der Waals surface area contributed by atoms with Crippen molar-refractivity contribution in [3.8, 4) is 0 Å². The fraction of sp³-hybridized carbons (Fsp3) is 0. The van der Waals surface area contributed by atoms with Crippen LogP contribution in [-0.4, -0.2) is 5.78 Å². The van der Waals surface area contributed by atoms with E-state index in [1.165, 1.54) is 0 Å². The number of carbonyl (C=O) groups is 1. The van der Waals surface area contributed by atoms with Crippen LogP contribution in [-0.2, 0) is 0 Å². The molecule has 11 heavy (non-hydrogen) atoms. The van der Waals surface area contributed by atoms with Gasteiger partial charge in [-0.15, -0.1) is 0 Å². The van der Waals surface area contributed by atoms with E-state index in [-0.39, 0.29) is 5.78 Å². The summed E-state index contributed by atoms with van der Waals surface area (Å²) in [6.45, 7) is 3.25. The van der Waals surface area contributed by atoms with Gasteiger partial charge in [0.25, 0.3) is 0 Å². The molecule has 1 rings (SSSR count). The molecule has 0 bridgehead atoms. The second kappa shape index (κ2) is 3.05. The molecule has 0 unspecified atom stereocenters. The molecule has 0 aliphatic heterocycles. The lowest BCUT2D eigenvalue weighted by Crippen LogP contribution is -1.89. The standard InChI is InChI=1S/C8H7N2O/c1-6(11)7-2-4-8(10-9)5-3-7/h2-5,9H,1H2. The summed E-state index contributed by atoms with van der Waals surface area (Å²) in [5, 5.41) is 3.19. The van der Waals surface area contributed by atoms with Crippen molar-refractivity contribution in [2.45, 2.75) is 0 Å². The Morgan fingerprint density at radius 1 is 1.36 bits per heavy atom. The van der Waals surface area contributed by atoms with Crippen molar-refractivity contribution in [2.75, 3.05) is 0 Å². The highest BCUT2D eigenvalue weighted by molar-refractivity contribution is 5.99. The zero-order chi connectivity index (χ0) is 8.27. The van der Waals surface area contributed by atoms with Crippen LogP contribution < -0.4 is 0 Å². The fourth-order valence-electron chi connectivity index (χ4n) is 0.722. The lowest BCUT2D eigenvalue weighted by atomic mass is 10.1. The zero-order valence-corrected chi connectivity index (χ0v) is 5.87. The van der Waals surface area contributed by atoms with Gasteiger partial charge in [-0.25, -0.2) is 5.53 Å². The predicted molar refractivity (Wildman–Crippen MR) is 40.9 cm³/mol. The summed E-state index contributed by atoms with van der Waals surface area (Å²) in [6, 6.07) is 6.40. The molecule has 3 heteroatoms. The fourth-order valence-corrected chi connectivity index (χ4v) is 0.722. The molecule has 1 aromatic rings. The SMILES string of the molecule is [CH2]C(=O)c1ccc(N=N)cc1. The third kappa shape index (κ3) is 1.70. The van der Waals surface area contributed by atoms with Crippen LogP contribution in [0.25, 0.3) is 0 Å². The van der Waals surface area contributed by atoms with Gasteiger partial charge in [-0.05, 0) is 24.3 Å². The van der Waals surface area contributed by atoms with E-state index in [2.05, 4.69) is 12.0 Å². The van der Waals surface area contributed by atoms with Gasteiger partial charge in [0.15, 0.2) is 5.78 Å². The summed E-state index contributed by atoms with van der Waals surface area (Å²) in [7, 11) is 0. The maximum atomic E-state index is 10.7. The van der Waals surface area contributed by atoms with Crippen LogP contribution in [0.4, 0.5) is 5.69 Å². The van der Waals surface area contributed by atoms with E-state index in [9.17, 15) is 4.79 Å². The van der Waals surface area contributed by atoms with E-state index in [1.54, 1.807) is 24.3 Å². The Balaban J connectivity index is 3.00. The maximum Gasteiger partial charge on any atom is 0.163 e. The first-order valence-corrected chi connectivity index (χ1v) is 3.08. The highest BCUT2D eigenvalue weighted by Gasteiger charge is 1.96. The number of nitrogens with zero attached hydrogens (tertiary/aromatic N) is 1. The van der Waals surface area contributed by atoms with Crippen LogP contribution >= 0.6 is 0 Å². The van der Waals surface area contributed by atoms with Crippen LogP contribution in [0, 0.1) is 12.5 Å². The average Bonchev–Trinajstić information content (AvgIpc) is 2.05. The van der Waals surface area contributed by atoms with Crippen LogP contribution in [0.5, 0.6) is 0 Å². The third-order valence-corrected chi connectivity index (χ3v) is 1.32. The molecule has 0 aromatic heterocycles. The van der Waals surface area contributed by atoms with Crippen molar-refractivity contribution in [1.29, 1.82) is 5.53 Å². The highest BCUT2D eigenvalue weighted by atomic mass is 16.1. The molecule has 0 aliphatic rings. The van der Waals surface area contributed by atoms with Gasteiger partial charge in [-0.2, -0.15) is 5.11 Å². The molecule has 0 aliphatic carbocycles. The van der Waals surface area contributed by atoms with Crippen molar-refractivity contribution in [1.82, 2.24) is 0 Å². The minimum atomic E-state index is -0.221. The van der Waals surface area contributed by atoms with E-state index < -0.39 is 0 Å². The zero-order valence-electron chi connectivity index (χ0n) is 5.87. The summed E-state index contributed by atoms with van der Waals surface area (Å²) in [6.07, 6.45) is 0. The number of nitrogens with one attached hydrogen (secondary N) is 1. The second-order valence-electron chi connectivity index (χ2n) is 2.08. The van der Waals surface area contributed by atoms with Crippen molar-refractivity contribution in [2.24, 2.45) is 5.11 Å². The van der Waals surface area contributed by atoms with E-state index in [4.69, 9.17) is 5.53 Å². The molecular weight excluding hydrogens is 140 g/mol. The summed E-state index contributed by atoms with van der Waals surface area (Å²) in [4.78, 5) is 10.7. The van der Waals surface area contributed by atoms with Gasteiger partial charge >= 0.3 is 0 Å². The van der Waals surface area contributed by atoms with Gasteiger partial charge < -0.3 is 0 Å². The molecule has 0 heterocycles. The summed E-state index contributed by atoms with van der Waals surface area (Å²) < 4.78 is 0. The Morgan fingerprint density at radius 3 is 2.27 bits per heavy atom. The van der Waals surface area contributed by atoms with E-state index in [0.29, 0.717) is 11.3 Å². The van der Waals surface area contributed by atoms with Gasteiger partial charge in [-0.3, -0.25) is 4.79 Å².